The molecule has 0 saturated heterocycles. The fourth-order valence-corrected chi connectivity index (χ4v) is 4.47. The lowest BCUT2D eigenvalue weighted by atomic mass is 10.1. The number of hydrogen-bond acceptors (Lipinski definition) is 5. The Hall–Kier alpha value is -3.45. The van der Waals surface area contributed by atoms with Gasteiger partial charge in [-0.1, -0.05) is 36.0 Å². The van der Waals surface area contributed by atoms with Crippen LogP contribution in [0.2, 0.25) is 0 Å². The Balaban J connectivity index is 1.67. The van der Waals surface area contributed by atoms with Crippen molar-refractivity contribution in [3.8, 4) is 17.1 Å². The van der Waals surface area contributed by atoms with Gasteiger partial charge in [0.25, 0.3) is 0 Å². The van der Waals surface area contributed by atoms with Crippen molar-refractivity contribution < 1.29 is 4.79 Å². The number of benzene rings is 2. The van der Waals surface area contributed by atoms with Crippen LogP contribution in [0.3, 0.4) is 0 Å². The quantitative estimate of drug-likeness (QED) is 0.344. The Labute approximate surface area is 198 Å². The second-order valence-electron chi connectivity index (χ2n) is 8.13. The van der Waals surface area contributed by atoms with Crippen LogP contribution in [-0.4, -0.2) is 37.5 Å². The van der Waals surface area contributed by atoms with Crippen LogP contribution in [0.4, 0.5) is 5.69 Å². The highest BCUT2D eigenvalue weighted by Gasteiger charge is 2.22. The molecule has 2 aromatic heterocycles. The smallest absolute Gasteiger partial charge is 0.237 e. The largest absolute Gasteiger partial charge is 0.309 e. The predicted octanol–water partition coefficient (Wildman–Crippen LogP) is 5.48. The molecule has 0 spiro atoms. The van der Waals surface area contributed by atoms with Gasteiger partial charge >= 0.3 is 0 Å². The number of rotatable bonds is 7. The van der Waals surface area contributed by atoms with E-state index in [0.717, 1.165) is 22.8 Å². The van der Waals surface area contributed by atoms with Crippen molar-refractivity contribution in [2.75, 3.05) is 10.7 Å². The number of para-hydroxylation sites is 1. The van der Waals surface area contributed by atoms with Crippen LogP contribution in [0, 0.1) is 13.8 Å². The summed E-state index contributed by atoms with van der Waals surface area (Å²) >= 11 is 1.40. The van der Waals surface area contributed by atoms with E-state index in [1.165, 1.54) is 22.9 Å². The molecule has 0 aliphatic rings. The normalized spacial score (nSPS) is 11.1. The lowest BCUT2D eigenvalue weighted by Gasteiger charge is -2.26. The number of carbonyl (C=O) groups is 1. The van der Waals surface area contributed by atoms with E-state index in [1.54, 1.807) is 12.4 Å². The van der Waals surface area contributed by atoms with E-state index >= 15 is 0 Å². The standard InChI is InChI=1S/C26H27N5OS/c1-18(2)30(22-8-6-5-7-9-22)24(32)17-33-26-29-28-25(21-12-14-27-15-13-21)31(26)23-11-10-19(3)20(4)16-23/h5-16,18H,17H2,1-4H3. The van der Waals surface area contributed by atoms with E-state index < -0.39 is 0 Å². The first-order chi connectivity index (χ1) is 16.0. The minimum Gasteiger partial charge on any atom is -0.309 e. The van der Waals surface area contributed by atoms with Crippen molar-refractivity contribution in [2.45, 2.75) is 38.9 Å². The van der Waals surface area contributed by atoms with Gasteiger partial charge in [0.2, 0.25) is 5.91 Å². The molecule has 33 heavy (non-hydrogen) atoms. The lowest BCUT2D eigenvalue weighted by Crippen LogP contribution is -2.38. The molecule has 0 aliphatic heterocycles. The Bertz CT molecular complexity index is 1240. The Morgan fingerprint density at radius 1 is 0.970 bits per heavy atom. The average molecular weight is 458 g/mol. The Morgan fingerprint density at radius 3 is 2.36 bits per heavy atom. The summed E-state index contributed by atoms with van der Waals surface area (Å²) in [6.45, 7) is 8.23. The van der Waals surface area contributed by atoms with Gasteiger partial charge in [0.1, 0.15) is 0 Å². The van der Waals surface area contributed by atoms with E-state index in [0.29, 0.717) is 5.16 Å². The predicted molar refractivity (Wildman–Crippen MR) is 134 cm³/mol. The molecule has 4 aromatic rings. The molecule has 0 atom stereocenters. The second kappa shape index (κ2) is 10.0. The molecule has 7 heteroatoms. The second-order valence-corrected chi connectivity index (χ2v) is 9.07. The number of pyridine rings is 1. The van der Waals surface area contributed by atoms with Gasteiger partial charge in [-0.15, -0.1) is 10.2 Å². The van der Waals surface area contributed by atoms with E-state index in [4.69, 9.17) is 0 Å². The van der Waals surface area contributed by atoms with Crippen LogP contribution in [0.15, 0.2) is 78.2 Å². The summed E-state index contributed by atoms with van der Waals surface area (Å²) in [6.07, 6.45) is 3.48. The van der Waals surface area contributed by atoms with Gasteiger partial charge in [0.15, 0.2) is 11.0 Å². The molecule has 0 saturated carbocycles. The van der Waals surface area contributed by atoms with Crippen molar-refractivity contribution >= 4 is 23.4 Å². The SMILES string of the molecule is Cc1ccc(-n2c(SCC(=O)N(c3ccccc3)C(C)C)nnc2-c2ccncc2)cc1C. The van der Waals surface area contributed by atoms with Crippen LogP contribution in [-0.2, 0) is 4.79 Å². The van der Waals surface area contributed by atoms with Crippen LogP contribution >= 0.6 is 11.8 Å². The van der Waals surface area contributed by atoms with E-state index in [9.17, 15) is 4.79 Å². The van der Waals surface area contributed by atoms with Gasteiger partial charge in [-0.2, -0.15) is 0 Å². The maximum absolute atomic E-state index is 13.2. The summed E-state index contributed by atoms with van der Waals surface area (Å²) < 4.78 is 2.02. The highest BCUT2D eigenvalue weighted by molar-refractivity contribution is 7.99. The number of nitrogens with zero attached hydrogens (tertiary/aromatic N) is 5. The number of amides is 1. The number of carbonyl (C=O) groups excluding carboxylic acids is 1. The maximum Gasteiger partial charge on any atom is 0.237 e. The molecule has 168 valence electrons. The molecule has 0 bridgehead atoms. The summed E-state index contributed by atoms with van der Waals surface area (Å²) in [6, 6.07) is 19.9. The van der Waals surface area contributed by atoms with Crippen molar-refractivity contribution in [3.05, 3.63) is 84.2 Å². The molecular weight excluding hydrogens is 430 g/mol. The van der Waals surface area contributed by atoms with Gasteiger partial charge in [0.05, 0.1) is 11.4 Å². The van der Waals surface area contributed by atoms with Gasteiger partial charge in [-0.05, 0) is 75.2 Å². The highest BCUT2D eigenvalue weighted by Crippen LogP contribution is 2.29. The molecule has 6 nitrogen and oxygen atoms in total. The third-order valence-electron chi connectivity index (χ3n) is 5.46. The fraction of sp³-hybridized carbons (Fsp3) is 0.231. The van der Waals surface area contributed by atoms with Gasteiger partial charge in [0, 0.05) is 29.7 Å². The van der Waals surface area contributed by atoms with E-state index in [1.807, 2.05) is 65.8 Å². The number of thioether (sulfide) groups is 1. The minimum atomic E-state index is 0.0290. The summed E-state index contributed by atoms with van der Waals surface area (Å²) in [7, 11) is 0. The van der Waals surface area contributed by atoms with E-state index in [-0.39, 0.29) is 17.7 Å². The number of aryl methyl sites for hydroxylation is 2. The first-order valence-electron chi connectivity index (χ1n) is 10.9. The zero-order valence-electron chi connectivity index (χ0n) is 19.3. The number of hydrogen-bond donors (Lipinski definition) is 0. The number of anilines is 1. The fourth-order valence-electron chi connectivity index (χ4n) is 3.66. The maximum atomic E-state index is 13.2. The van der Waals surface area contributed by atoms with Crippen LogP contribution < -0.4 is 4.90 Å². The molecule has 4 rings (SSSR count). The monoisotopic (exact) mass is 457 g/mol. The molecule has 0 aliphatic carbocycles. The third kappa shape index (κ3) is 4.98. The molecule has 0 N–H and O–H groups in total. The minimum absolute atomic E-state index is 0.0290. The van der Waals surface area contributed by atoms with Crippen molar-refractivity contribution in [1.29, 1.82) is 0 Å². The Kier molecular flexibility index (Phi) is 6.89. The van der Waals surface area contributed by atoms with E-state index in [2.05, 4.69) is 47.2 Å². The first-order valence-corrected chi connectivity index (χ1v) is 11.9. The Morgan fingerprint density at radius 2 is 1.70 bits per heavy atom. The van der Waals surface area contributed by atoms with Crippen LogP contribution in [0.25, 0.3) is 17.1 Å². The van der Waals surface area contributed by atoms with Gasteiger partial charge < -0.3 is 4.90 Å². The summed E-state index contributed by atoms with van der Waals surface area (Å²) in [5.74, 6) is 1.01. The molecular formula is C26H27N5OS. The third-order valence-corrected chi connectivity index (χ3v) is 6.38. The topological polar surface area (TPSA) is 63.9 Å². The van der Waals surface area contributed by atoms with Crippen molar-refractivity contribution in [2.24, 2.45) is 0 Å². The summed E-state index contributed by atoms with van der Waals surface area (Å²) in [5.41, 5.74) is 5.18. The first kappa shape index (κ1) is 22.7. The van der Waals surface area contributed by atoms with Gasteiger partial charge in [-0.3, -0.25) is 14.3 Å². The molecule has 0 unspecified atom stereocenters. The molecule has 0 fully saturated rings. The zero-order chi connectivity index (χ0) is 23.4. The summed E-state index contributed by atoms with van der Waals surface area (Å²) in [5, 5.41) is 9.60. The van der Waals surface area contributed by atoms with Crippen LogP contribution in [0.5, 0.6) is 0 Å². The molecule has 2 heterocycles. The van der Waals surface area contributed by atoms with Crippen molar-refractivity contribution in [1.82, 2.24) is 19.7 Å². The lowest BCUT2D eigenvalue weighted by molar-refractivity contribution is -0.116. The van der Waals surface area contributed by atoms with Gasteiger partial charge in [-0.25, -0.2) is 0 Å². The molecule has 2 aromatic carbocycles. The zero-order valence-corrected chi connectivity index (χ0v) is 20.1. The molecule has 1 amide bonds. The van der Waals surface area contributed by atoms with Crippen molar-refractivity contribution in [3.63, 3.8) is 0 Å². The summed E-state index contributed by atoms with van der Waals surface area (Å²) in [4.78, 5) is 19.2. The number of aromatic nitrogens is 4. The van der Waals surface area contributed by atoms with Crippen LogP contribution in [0.1, 0.15) is 25.0 Å². The average Bonchev–Trinajstić information content (AvgIpc) is 3.24. The highest BCUT2D eigenvalue weighted by atomic mass is 32.2. The molecule has 0 radical (unpaired) electrons.